The molecule has 0 radical (unpaired) electrons. The summed E-state index contributed by atoms with van der Waals surface area (Å²) < 4.78 is 53.0. The number of halogens is 1. The number of hydrogen-bond donors (Lipinski definition) is 0. The van der Waals surface area contributed by atoms with Crippen molar-refractivity contribution in [1.82, 2.24) is 0 Å². The molecule has 2 heterocycles. The van der Waals surface area contributed by atoms with Crippen LogP contribution in [0.15, 0.2) is 57.9 Å². The maximum Gasteiger partial charge on any atom is 0.303 e. The Bertz CT molecular complexity index is 1560. The Kier molecular flexibility index (Phi) is 9.21. The Morgan fingerprint density at radius 1 is 0.810 bits per heavy atom. The molecular weight excluding hydrogens is 559 g/mol. The van der Waals surface area contributed by atoms with E-state index in [-0.39, 0.29) is 27.8 Å². The van der Waals surface area contributed by atoms with Gasteiger partial charge in [-0.15, -0.1) is 0 Å². The van der Waals surface area contributed by atoms with Crippen molar-refractivity contribution in [2.24, 2.45) is 0 Å². The van der Waals surface area contributed by atoms with Gasteiger partial charge in [0.05, 0.1) is 10.9 Å². The van der Waals surface area contributed by atoms with Gasteiger partial charge < -0.3 is 32.8 Å². The number of carbonyl (C=O) groups excluding carboxylic acids is 4. The zero-order chi connectivity index (χ0) is 30.6. The average Bonchev–Trinajstić information content (AvgIpc) is 2.91. The van der Waals surface area contributed by atoms with E-state index in [1.54, 1.807) is 6.07 Å². The fourth-order valence-electron chi connectivity index (χ4n) is 4.47. The lowest BCUT2D eigenvalue weighted by molar-refractivity contribution is -0.288. The lowest BCUT2D eigenvalue weighted by Crippen LogP contribution is -2.63. The van der Waals surface area contributed by atoms with E-state index in [4.69, 9.17) is 32.8 Å². The quantitative estimate of drug-likeness (QED) is 0.281. The van der Waals surface area contributed by atoms with Crippen LogP contribution < -0.4 is 10.2 Å². The molecule has 12 nitrogen and oxygen atoms in total. The van der Waals surface area contributed by atoms with Crippen LogP contribution in [0, 0.1) is 5.82 Å². The minimum absolute atomic E-state index is 0.0221. The van der Waals surface area contributed by atoms with E-state index in [9.17, 15) is 28.4 Å². The molecule has 3 aromatic rings. The molecule has 0 bridgehead atoms. The molecule has 1 aliphatic rings. The topological polar surface area (TPSA) is 154 Å². The highest BCUT2D eigenvalue weighted by Gasteiger charge is 2.53. The lowest BCUT2D eigenvalue weighted by Gasteiger charge is -2.43. The largest absolute Gasteiger partial charge is 0.463 e. The van der Waals surface area contributed by atoms with Crippen LogP contribution in [0.2, 0.25) is 0 Å². The van der Waals surface area contributed by atoms with Gasteiger partial charge in [0.15, 0.2) is 12.2 Å². The molecule has 5 atom stereocenters. The summed E-state index contributed by atoms with van der Waals surface area (Å²) in [5.74, 6) is -3.53. The predicted octanol–water partition coefficient (Wildman–Crippen LogP) is 3.06. The summed E-state index contributed by atoms with van der Waals surface area (Å²) in [4.78, 5) is 60.6. The number of hydrogen-bond acceptors (Lipinski definition) is 12. The fourth-order valence-corrected chi connectivity index (χ4v) is 4.47. The van der Waals surface area contributed by atoms with Crippen LogP contribution >= 0.6 is 0 Å². The van der Waals surface area contributed by atoms with Crippen molar-refractivity contribution >= 4 is 34.8 Å². The zero-order valence-electron chi connectivity index (χ0n) is 23.0. The molecule has 1 aromatic heterocycles. The summed E-state index contributed by atoms with van der Waals surface area (Å²) >= 11 is 0. The Hall–Kier alpha value is -4.78. The van der Waals surface area contributed by atoms with E-state index >= 15 is 0 Å². The fraction of sp³-hybridized carbons (Fsp3) is 0.345. The first-order chi connectivity index (χ1) is 19.9. The minimum Gasteiger partial charge on any atom is -0.463 e. The van der Waals surface area contributed by atoms with Gasteiger partial charge in [-0.2, -0.15) is 0 Å². The van der Waals surface area contributed by atoms with Crippen molar-refractivity contribution < 1.29 is 56.4 Å². The first-order valence-electron chi connectivity index (χ1n) is 12.7. The van der Waals surface area contributed by atoms with Gasteiger partial charge in [0.25, 0.3) is 0 Å². The monoisotopic (exact) mass is 586 g/mol. The summed E-state index contributed by atoms with van der Waals surface area (Å²) in [5.41, 5.74) is -0.303. The molecule has 0 unspecified atom stereocenters. The first-order valence-corrected chi connectivity index (χ1v) is 12.7. The van der Waals surface area contributed by atoms with E-state index in [0.717, 1.165) is 34.0 Å². The second-order valence-electron chi connectivity index (χ2n) is 9.30. The summed E-state index contributed by atoms with van der Waals surface area (Å²) in [6.07, 6.45) is -5.78. The van der Waals surface area contributed by atoms with E-state index < -0.39 is 72.4 Å². The summed E-state index contributed by atoms with van der Waals surface area (Å²) in [6.45, 7) is 4.04. The molecule has 0 spiro atoms. The van der Waals surface area contributed by atoms with Gasteiger partial charge in [0.2, 0.25) is 17.8 Å². The lowest BCUT2D eigenvalue weighted by atomic mass is 9.98. The van der Waals surface area contributed by atoms with Gasteiger partial charge in [0, 0.05) is 39.3 Å². The SMILES string of the molecule is CC(=O)OC[C@@H]1O[C@H](Oc2ccc3c(=O)c(-c4ccccc4F)coc3c2)[C@H](OC(C)=O)[C@@H](OC(C)=O)[C@@H]1OC(C)=O. The van der Waals surface area contributed by atoms with Gasteiger partial charge in [0.1, 0.15) is 36.1 Å². The van der Waals surface area contributed by atoms with Gasteiger partial charge in [-0.3, -0.25) is 24.0 Å². The molecule has 1 saturated heterocycles. The standard InChI is InChI=1S/C29H27FO12/c1-14(31)36-13-24-26(38-15(2)32)27(39-16(3)33)28(40-17(4)34)29(42-24)41-18-9-10-20-23(11-18)37-12-21(25(20)35)19-7-5-6-8-22(19)30/h5-12,24,26-29H,13H2,1-4H3/t24-,26+,27-,28+,29-/m0/s1. The first kappa shape index (κ1) is 30.2. The normalized spacial score (nSPS) is 21.7. The number of ether oxygens (including phenoxy) is 6. The van der Waals surface area contributed by atoms with Gasteiger partial charge in [-0.1, -0.05) is 18.2 Å². The maximum atomic E-state index is 14.3. The zero-order valence-corrected chi connectivity index (χ0v) is 23.0. The Labute approximate surface area is 238 Å². The van der Waals surface area contributed by atoms with Crippen LogP contribution in [-0.4, -0.2) is 61.2 Å². The van der Waals surface area contributed by atoms with E-state index in [1.807, 2.05) is 0 Å². The number of esters is 4. The van der Waals surface area contributed by atoms with Crippen LogP contribution in [0.5, 0.6) is 5.75 Å². The van der Waals surface area contributed by atoms with E-state index in [0.29, 0.717) is 0 Å². The van der Waals surface area contributed by atoms with Gasteiger partial charge >= 0.3 is 23.9 Å². The average molecular weight is 587 g/mol. The summed E-state index contributed by atoms with van der Waals surface area (Å²) in [5, 5.41) is 0.129. The molecule has 1 fully saturated rings. The molecule has 222 valence electrons. The third-order valence-corrected chi connectivity index (χ3v) is 6.11. The third-order valence-electron chi connectivity index (χ3n) is 6.11. The minimum atomic E-state index is -1.48. The smallest absolute Gasteiger partial charge is 0.303 e. The van der Waals surface area contributed by atoms with Crippen LogP contribution in [0.3, 0.4) is 0 Å². The van der Waals surface area contributed by atoms with Crippen molar-refractivity contribution in [1.29, 1.82) is 0 Å². The highest BCUT2D eigenvalue weighted by molar-refractivity contribution is 5.82. The highest BCUT2D eigenvalue weighted by Crippen LogP contribution is 2.32. The Morgan fingerprint density at radius 3 is 2.10 bits per heavy atom. The van der Waals surface area contributed by atoms with Crippen molar-refractivity contribution in [3.8, 4) is 16.9 Å². The molecule has 2 aromatic carbocycles. The van der Waals surface area contributed by atoms with Crippen molar-refractivity contribution in [2.45, 2.75) is 58.4 Å². The van der Waals surface area contributed by atoms with E-state index in [2.05, 4.69) is 0 Å². The Morgan fingerprint density at radius 2 is 1.45 bits per heavy atom. The number of carbonyl (C=O) groups is 4. The van der Waals surface area contributed by atoms with Crippen LogP contribution in [-0.2, 0) is 42.9 Å². The van der Waals surface area contributed by atoms with Crippen LogP contribution in [0.25, 0.3) is 22.1 Å². The Balaban J connectivity index is 1.71. The van der Waals surface area contributed by atoms with Crippen LogP contribution in [0.4, 0.5) is 4.39 Å². The molecular formula is C29H27FO12. The second-order valence-corrected chi connectivity index (χ2v) is 9.30. The summed E-state index contributed by atoms with van der Waals surface area (Å²) in [6, 6.07) is 9.92. The second kappa shape index (κ2) is 12.8. The third kappa shape index (κ3) is 6.92. The van der Waals surface area contributed by atoms with Gasteiger partial charge in [-0.05, 0) is 18.2 Å². The predicted molar refractivity (Wildman–Crippen MR) is 140 cm³/mol. The molecule has 0 N–H and O–H groups in total. The number of benzene rings is 2. The van der Waals surface area contributed by atoms with Crippen molar-refractivity contribution in [2.75, 3.05) is 6.61 Å². The van der Waals surface area contributed by atoms with E-state index in [1.165, 1.54) is 36.4 Å². The number of rotatable bonds is 8. The van der Waals surface area contributed by atoms with Gasteiger partial charge in [-0.25, -0.2) is 4.39 Å². The van der Waals surface area contributed by atoms with Crippen molar-refractivity contribution in [3.63, 3.8) is 0 Å². The molecule has 0 amide bonds. The number of fused-ring (bicyclic) bond motifs is 1. The maximum absolute atomic E-state index is 14.3. The molecule has 4 rings (SSSR count). The van der Waals surface area contributed by atoms with Crippen LogP contribution in [0.1, 0.15) is 27.7 Å². The molecule has 1 aliphatic heterocycles. The molecule has 13 heteroatoms. The molecule has 42 heavy (non-hydrogen) atoms. The summed E-state index contributed by atoms with van der Waals surface area (Å²) in [7, 11) is 0. The molecule has 0 aliphatic carbocycles. The molecule has 0 saturated carbocycles. The van der Waals surface area contributed by atoms with Crippen molar-refractivity contribution in [3.05, 3.63) is 64.8 Å². The highest BCUT2D eigenvalue weighted by atomic mass is 19.1.